The Morgan fingerprint density at radius 1 is 0.718 bits per heavy atom. The number of ether oxygens (including phenoxy) is 2. The molecule has 2 N–H and O–H groups in total. The molecule has 0 aliphatic heterocycles. The van der Waals surface area contributed by atoms with Crippen molar-refractivity contribution in [3.63, 3.8) is 0 Å². The van der Waals surface area contributed by atoms with Crippen LogP contribution in [-0.4, -0.2) is 48.6 Å². The molecule has 0 aromatic carbocycles. The Morgan fingerprint density at radius 3 is 1.67 bits per heavy atom. The Morgan fingerprint density at radius 2 is 1.21 bits per heavy atom. The molecule has 2 fully saturated rings. The highest BCUT2D eigenvalue weighted by molar-refractivity contribution is 5.88. The van der Waals surface area contributed by atoms with E-state index in [2.05, 4.69) is 27.0 Å². The number of esters is 2. The van der Waals surface area contributed by atoms with Gasteiger partial charge < -0.3 is 19.7 Å². The SMILES string of the molecule is C=C(CO)C(=O)OCC(CCC)(COC(=O)C(=C)CO)C1CCC(C2CCC(CCCCCCC)CC2)CC1. The molecule has 0 amide bonds. The largest absolute Gasteiger partial charge is 0.462 e. The third-order valence-electron chi connectivity index (χ3n) is 9.60. The lowest BCUT2D eigenvalue weighted by atomic mass is 9.62. The van der Waals surface area contributed by atoms with Crippen LogP contribution in [0.1, 0.15) is 117 Å². The lowest BCUT2D eigenvalue weighted by Crippen LogP contribution is -2.43. The number of hydrogen-bond donors (Lipinski definition) is 2. The van der Waals surface area contributed by atoms with Gasteiger partial charge in [-0.3, -0.25) is 0 Å². The van der Waals surface area contributed by atoms with Gasteiger partial charge in [-0.15, -0.1) is 0 Å². The van der Waals surface area contributed by atoms with Gasteiger partial charge in [-0.25, -0.2) is 9.59 Å². The van der Waals surface area contributed by atoms with E-state index in [9.17, 15) is 19.8 Å². The maximum Gasteiger partial charge on any atom is 0.335 e. The average molecular weight is 549 g/mol. The summed E-state index contributed by atoms with van der Waals surface area (Å²) in [5.74, 6) is 1.53. The van der Waals surface area contributed by atoms with E-state index in [0.29, 0.717) is 0 Å². The fourth-order valence-corrected chi connectivity index (χ4v) is 7.06. The summed E-state index contributed by atoms with van der Waals surface area (Å²) < 4.78 is 11.3. The quantitative estimate of drug-likeness (QED) is 0.110. The van der Waals surface area contributed by atoms with Gasteiger partial charge in [0.15, 0.2) is 0 Å². The van der Waals surface area contributed by atoms with Gasteiger partial charge in [-0.1, -0.05) is 84.8 Å². The van der Waals surface area contributed by atoms with E-state index in [0.717, 1.165) is 56.3 Å². The second-order valence-electron chi connectivity index (χ2n) is 12.4. The molecule has 224 valence electrons. The highest BCUT2D eigenvalue weighted by Gasteiger charge is 2.43. The molecule has 2 aliphatic rings. The van der Waals surface area contributed by atoms with E-state index in [1.165, 1.54) is 64.2 Å². The summed E-state index contributed by atoms with van der Waals surface area (Å²) >= 11 is 0. The fraction of sp³-hybridized carbons (Fsp3) is 0.818. The highest BCUT2D eigenvalue weighted by Crippen LogP contribution is 2.48. The van der Waals surface area contributed by atoms with Gasteiger partial charge in [-0.05, 0) is 68.6 Å². The second kappa shape index (κ2) is 17.9. The monoisotopic (exact) mass is 548 g/mol. The van der Waals surface area contributed by atoms with Gasteiger partial charge >= 0.3 is 11.9 Å². The first-order valence-corrected chi connectivity index (χ1v) is 15.7. The van der Waals surface area contributed by atoms with E-state index in [1.807, 2.05) is 0 Å². The number of hydrogen-bond acceptors (Lipinski definition) is 6. The van der Waals surface area contributed by atoms with Crippen molar-refractivity contribution in [2.75, 3.05) is 26.4 Å². The van der Waals surface area contributed by atoms with Crippen molar-refractivity contribution in [2.24, 2.45) is 29.1 Å². The molecule has 0 atom stereocenters. The molecular formula is C33H56O6. The van der Waals surface area contributed by atoms with Crippen molar-refractivity contribution in [2.45, 2.75) is 117 Å². The van der Waals surface area contributed by atoms with E-state index >= 15 is 0 Å². The highest BCUT2D eigenvalue weighted by atomic mass is 16.5. The van der Waals surface area contributed by atoms with Crippen molar-refractivity contribution in [3.8, 4) is 0 Å². The van der Waals surface area contributed by atoms with Crippen LogP contribution in [0.5, 0.6) is 0 Å². The van der Waals surface area contributed by atoms with Gasteiger partial charge in [0.05, 0.1) is 24.4 Å². The van der Waals surface area contributed by atoms with Crippen LogP contribution < -0.4 is 0 Å². The molecule has 0 aromatic heterocycles. The van der Waals surface area contributed by atoms with Crippen molar-refractivity contribution < 1.29 is 29.3 Å². The minimum atomic E-state index is -0.611. The molecule has 0 saturated heterocycles. The molecular weight excluding hydrogens is 492 g/mol. The summed E-state index contributed by atoms with van der Waals surface area (Å²) in [4.78, 5) is 24.7. The predicted octanol–water partition coefficient (Wildman–Crippen LogP) is 6.93. The number of unbranched alkanes of at least 4 members (excludes halogenated alkanes) is 4. The number of carbonyl (C=O) groups excluding carboxylic acids is 2. The minimum Gasteiger partial charge on any atom is -0.462 e. The normalized spacial score (nSPS) is 23.7. The average Bonchev–Trinajstić information content (AvgIpc) is 2.97. The van der Waals surface area contributed by atoms with Crippen LogP contribution in [0.2, 0.25) is 0 Å². The van der Waals surface area contributed by atoms with Crippen molar-refractivity contribution in [1.82, 2.24) is 0 Å². The van der Waals surface area contributed by atoms with Gasteiger partial charge in [0.2, 0.25) is 0 Å². The van der Waals surface area contributed by atoms with Crippen molar-refractivity contribution in [3.05, 3.63) is 24.3 Å². The van der Waals surface area contributed by atoms with Crippen LogP contribution in [-0.2, 0) is 19.1 Å². The smallest absolute Gasteiger partial charge is 0.335 e. The Kier molecular flexibility index (Phi) is 15.4. The minimum absolute atomic E-state index is 0.0197. The van der Waals surface area contributed by atoms with Crippen LogP contribution in [0.4, 0.5) is 0 Å². The van der Waals surface area contributed by atoms with E-state index in [-0.39, 0.29) is 30.3 Å². The number of rotatable bonds is 18. The first kappa shape index (κ1) is 33.5. The summed E-state index contributed by atoms with van der Waals surface area (Å²) in [6.45, 7) is 10.9. The third-order valence-corrected chi connectivity index (χ3v) is 9.60. The lowest BCUT2D eigenvalue weighted by Gasteiger charge is -2.45. The molecule has 39 heavy (non-hydrogen) atoms. The lowest BCUT2D eigenvalue weighted by molar-refractivity contribution is -0.155. The molecule has 0 radical (unpaired) electrons. The van der Waals surface area contributed by atoms with E-state index in [4.69, 9.17) is 9.47 Å². The summed E-state index contributed by atoms with van der Waals surface area (Å²) in [7, 11) is 0. The molecule has 0 bridgehead atoms. The molecule has 2 saturated carbocycles. The molecule has 6 heteroatoms. The molecule has 2 rings (SSSR count). The van der Waals surface area contributed by atoms with Crippen LogP contribution in [0.15, 0.2) is 24.3 Å². The van der Waals surface area contributed by atoms with Crippen molar-refractivity contribution in [1.29, 1.82) is 0 Å². The zero-order chi connectivity index (χ0) is 28.7. The molecule has 0 unspecified atom stereocenters. The first-order chi connectivity index (χ1) is 18.8. The Hall–Kier alpha value is -1.66. The molecule has 0 spiro atoms. The molecule has 0 heterocycles. The van der Waals surface area contributed by atoms with E-state index in [1.54, 1.807) is 0 Å². The first-order valence-electron chi connectivity index (χ1n) is 15.7. The Balaban J connectivity index is 1.97. The maximum absolute atomic E-state index is 12.4. The predicted molar refractivity (Wildman–Crippen MR) is 156 cm³/mol. The van der Waals surface area contributed by atoms with Gasteiger partial charge in [0, 0.05) is 5.41 Å². The molecule has 6 nitrogen and oxygen atoms in total. The second-order valence-corrected chi connectivity index (χ2v) is 12.4. The van der Waals surface area contributed by atoms with Gasteiger partial charge in [0.25, 0.3) is 0 Å². The zero-order valence-electron chi connectivity index (χ0n) is 24.9. The topological polar surface area (TPSA) is 93.1 Å². The van der Waals surface area contributed by atoms with Crippen LogP contribution >= 0.6 is 0 Å². The van der Waals surface area contributed by atoms with E-state index < -0.39 is 30.6 Å². The summed E-state index contributed by atoms with van der Waals surface area (Å²) in [6, 6.07) is 0. The maximum atomic E-state index is 12.4. The zero-order valence-corrected chi connectivity index (χ0v) is 24.9. The van der Waals surface area contributed by atoms with Crippen LogP contribution in [0, 0.1) is 29.1 Å². The Labute approximate surface area is 237 Å². The Bertz CT molecular complexity index is 726. The summed E-state index contributed by atoms with van der Waals surface area (Å²) in [6.07, 6.45) is 19.7. The third kappa shape index (κ3) is 10.7. The fourth-order valence-electron chi connectivity index (χ4n) is 7.06. The summed E-state index contributed by atoms with van der Waals surface area (Å²) in [5.41, 5.74) is -0.469. The number of aliphatic hydroxyl groups is 2. The molecule has 2 aliphatic carbocycles. The van der Waals surface area contributed by atoms with Gasteiger partial charge in [-0.2, -0.15) is 0 Å². The molecule has 0 aromatic rings. The summed E-state index contributed by atoms with van der Waals surface area (Å²) in [5, 5.41) is 18.6. The standard InChI is InChI=1S/C33H56O6/c1-5-7-8-9-10-11-27-12-14-28(15-13-27)29-16-18-30(19-17-29)33(20-6-2,23-38-31(36)25(3)21-34)24-39-32(37)26(4)22-35/h27-30,34-35H,3-24H2,1-2H3. The van der Waals surface area contributed by atoms with Gasteiger partial charge in [0.1, 0.15) is 13.2 Å². The van der Waals surface area contributed by atoms with Crippen molar-refractivity contribution >= 4 is 11.9 Å². The van der Waals surface area contributed by atoms with Crippen LogP contribution in [0.25, 0.3) is 0 Å². The number of carbonyl (C=O) groups is 2. The number of aliphatic hydroxyl groups excluding tert-OH is 2. The van der Waals surface area contributed by atoms with Crippen LogP contribution in [0.3, 0.4) is 0 Å².